The van der Waals surface area contributed by atoms with Crippen LogP contribution >= 0.6 is 0 Å². The number of nitrogens with zero attached hydrogens (tertiary/aromatic N) is 1. The first-order valence-electron chi connectivity index (χ1n) is 12.7. The number of allylic oxidation sites excluding steroid dienone is 2. The third kappa shape index (κ3) is 4.56. The second-order valence-corrected chi connectivity index (χ2v) is 10.4. The number of aryl methyl sites for hydroxylation is 3. The summed E-state index contributed by atoms with van der Waals surface area (Å²) in [5.41, 5.74) is 6.94. The molecule has 1 saturated carbocycles. The number of esters is 1. The fraction of sp³-hybridized carbons (Fsp3) is 0.433. The van der Waals surface area contributed by atoms with Gasteiger partial charge in [-0.05, 0) is 93.2 Å². The third-order valence-corrected chi connectivity index (χ3v) is 7.78. The molecule has 1 heterocycles. The molecule has 5 nitrogen and oxygen atoms in total. The molecular formula is C30H33NO4. The molecule has 0 saturated heterocycles. The lowest BCUT2D eigenvalue weighted by molar-refractivity contribution is -0.151. The van der Waals surface area contributed by atoms with Gasteiger partial charge in [-0.3, -0.25) is 14.6 Å². The number of hydrogen-bond donors (Lipinski definition) is 1. The molecule has 2 aromatic carbocycles. The Morgan fingerprint density at radius 3 is 2.43 bits per heavy atom. The zero-order valence-corrected chi connectivity index (χ0v) is 20.7. The number of benzene rings is 2. The maximum Gasteiger partial charge on any atom is 0.315 e. The van der Waals surface area contributed by atoms with Gasteiger partial charge in [0.25, 0.3) is 0 Å². The van der Waals surface area contributed by atoms with Gasteiger partial charge in [0, 0.05) is 29.8 Å². The third-order valence-electron chi connectivity index (χ3n) is 7.78. The van der Waals surface area contributed by atoms with Crippen molar-refractivity contribution in [3.63, 3.8) is 0 Å². The number of Topliss-reactive ketones (excluding diaryl/α,β-unsaturated/α-hetero) is 1. The van der Waals surface area contributed by atoms with E-state index in [1.54, 1.807) is 24.4 Å². The SMILES string of the molecule is Cc1cc(C)c(C2CC(=O)C3=C(C2)N=CC(C(=O)OC2CCCC2)C3c2cccc(O)c2)c(C)c1. The molecule has 0 aromatic heterocycles. The fourth-order valence-electron chi connectivity index (χ4n) is 6.40. The zero-order chi connectivity index (χ0) is 24.7. The molecule has 1 fully saturated rings. The van der Waals surface area contributed by atoms with Crippen molar-refractivity contribution in [2.75, 3.05) is 0 Å². The standard InChI is InChI=1S/C30H33NO4/c1-17-11-18(2)27(19(3)12-17)21-14-25-29(26(33)15-21)28(20-7-6-8-22(32)13-20)24(16-31-25)30(34)35-23-9-4-5-10-23/h6-8,11-13,16,21,23-24,28,32H,4-5,9-10,14-15H2,1-3H3. The van der Waals surface area contributed by atoms with E-state index in [1.165, 1.54) is 22.3 Å². The monoisotopic (exact) mass is 471 g/mol. The lowest BCUT2D eigenvalue weighted by atomic mass is 9.70. The van der Waals surface area contributed by atoms with Crippen molar-refractivity contribution in [3.8, 4) is 5.75 Å². The minimum absolute atomic E-state index is 0.0273. The van der Waals surface area contributed by atoms with Crippen LogP contribution in [0.4, 0.5) is 0 Å². The number of phenols is 1. The summed E-state index contributed by atoms with van der Waals surface area (Å²) in [5.74, 6) is -1.32. The van der Waals surface area contributed by atoms with Gasteiger partial charge in [0.1, 0.15) is 17.8 Å². The summed E-state index contributed by atoms with van der Waals surface area (Å²) in [7, 11) is 0. The molecule has 3 unspecified atom stereocenters. The molecule has 2 aromatic rings. The van der Waals surface area contributed by atoms with Crippen molar-refractivity contribution in [1.82, 2.24) is 0 Å². The van der Waals surface area contributed by atoms with Crippen molar-refractivity contribution < 1.29 is 19.4 Å². The quantitative estimate of drug-likeness (QED) is 0.556. The maximum absolute atomic E-state index is 13.7. The first-order valence-corrected chi connectivity index (χ1v) is 12.7. The number of rotatable bonds is 4. The molecule has 0 spiro atoms. The summed E-state index contributed by atoms with van der Waals surface area (Å²) in [6.45, 7) is 6.31. The molecule has 5 heteroatoms. The lowest BCUT2D eigenvalue weighted by Gasteiger charge is -2.35. The van der Waals surface area contributed by atoms with E-state index in [0.717, 1.165) is 36.9 Å². The molecule has 182 valence electrons. The van der Waals surface area contributed by atoms with Crippen LogP contribution in [0.25, 0.3) is 0 Å². The summed E-state index contributed by atoms with van der Waals surface area (Å²) in [6.07, 6.45) is 6.57. The number of ether oxygens (including phenoxy) is 1. The van der Waals surface area contributed by atoms with Crippen molar-refractivity contribution in [1.29, 1.82) is 0 Å². The molecule has 0 radical (unpaired) electrons. The Bertz CT molecular complexity index is 1210. The fourth-order valence-corrected chi connectivity index (χ4v) is 6.40. The number of phenolic OH excluding ortho intramolecular Hbond substituents is 1. The second kappa shape index (κ2) is 9.44. The highest BCUT2D eigenvalue weighted by Crippen LogP contribution is 2.47. The van der Waals surface area contributed by atoms with Gasteiger partial charge in [-0.2, -0.15) is 0 Å². The van der Waals surface area contributed by atoms with Gasteiger partial charge in [-0.15, -0.1) is 0 Å². The summed E-state index contributed by atoms with van der Waals surface area (Å²) in [4.78, 5) is 31.7. The zero-order valence-electron chi connectivity index (χ0n) is 20.7. The Kier molecular flexibility index (Phi) is 6.35. The Labute approximate surface area is 206 Å². The van der Waals surface area contributed by atoms with Gasteiger partial charge in [0.05, 0.1) is 0 Å². The van der Waals surface area contributed by atoms with Gasteiger partial charge in [-0.25, -0.2) is 0 Å². The summed E-state index contributed by atoms with van der Waals surface area (Å²) in [6, 6.07) is 11.2. The predicted octanol–water partition coefficient (Wildman–Crippen LogP) is 5.99. The Morgan fingerprint density at radius 2 is 1.74 bits per heavy atom. The van der Waals surface area contributed by atoms with Gasteiger partial charge in [-0.1, -0.05) is 29.8 Å². The number of aromatic hydroxyl groups is 1. The molecule has 5 rings (SSSR count). The van der Waals surface area contributed by atoms with E-state index in [9.17, 15) is 14.7 Å². The number of aliphatic imine (C=N–C) groups is 1. The van der Waals surface area contributed by atoms with Crippen LogP contribution < -0.4 is 0 Å². The largest absolute Gasteiger partial charge is 0.508 e. The lowest BCUT2D eigenvalue weighted by Crippen LogP contribution is -2.36. The molecular weight excluding hydrogens is 438 g/mol. The van der Waals surface area contributed by atoms with E-state index in [2.05, 4.69) is 32.9 Å². The average Bonchev–Trinajstić information content (AvgIpc) is 3.30. The highest BCUT2D eigenvalue weighted by atomic mass is 16.5. The highest BCUT2D eigenvalue weighted by Gasteiger charge is 2.43. The van der Waals surface area contributed by atoms with Crippen molar-refractivity contribution in [3.05, 3.63) is 75.5 Å². The minimum atomic E-state index is -0.681. The van der Waals surface area contributed by atoms with E-state index in [0.29, 0.717) is 18.4 Å². The predicted molar refractivity (Wildman–Crippen MR) is 136 cm³/mol. The topological polar surface area (TPSA) is 76.0 Å². The Hall–Kier alpha value is -3.21. The average molecular weight is 472 g/mol. The molecule has 1 N–H and O–H groups in total. The van der Waals surface area contributed by atoms with Crippen LogP contribution in [0.3, 0.4) is 0 Å². The van der Waals surface area contributed by atoms with Crippen molar-refractivity contribution in [2.45, 2.75) is 77.2 Å². The van der Waals surface area contributed by atoms with Crippen molar-refractivity contribution >= 4 is 18.0 Å². The summed E-state index contributed by atoms with van der Waals surface area (Å²) < 4.78 is 5.85. The van der Waals surface area contributed by atoms with E-state index in [4.69, 9.17) is 9.73 Å². The smallest absolute Gasteiger partial charge is 0.315 e. The van der Waals surface area contributed by atoms with Crippen LogP contribution in [0.5, 0.6) is 5.75 Å². The van der Waals surface area contributed by atoms with Crippen LogP contribution in [-0.4, -0.2) is 29.2 Å². The van der Waals surface area contributed by atoms with Gasteiger partial charge >= 0.3 is 5.97 Å². The van der Waals surface area contributed by atoms with Crippen LogP contribution in [-0.2, 0) is 14.3 Å². The summed E-state index contributed by atoms with van der Waals surface area (Å²) in [5, 5.41) is 10.2. The molecule has 0 amide bonds. The molecule has 1 aliphatic heterocycles. The second-order valence-electron chi connectivity index (χ2n) is 10.4. The van der Waals surface area contributed by atoms with Crippen LogP contribution in [0.1, 0.15) is 78.2 Å². The minimum Gasteiger partial charge on any atom is -0.508 e. The first-order chi connectivity index (χ1) is 16.8. The molecule has 0 bridgehead atoms. The number of ketones is 1. The highest BCUT2D eigenvalue weighted by molar-refractivity contribution is 6.04. The number of carbonyl (C=O) groups excluding carboxylic acids is 2. The Balaban J connectivity index is 1.52. The van der Waals surface area contributed by atoms with Crippen LogP contribution in [0.15, 0.2) is 52.7 Å². The molecule has 2 aliphatic carbocycles. The normalized spacial score (nSPS) is 24.5. The van der Waals surface area contributed by atoms with Gasteiger partial charge in [0.15, 0.2) is 5.78 Å². The first kappa shape index (κ1) is 23.5. The van der Waals surface area contributed by atoms with E-state index in [1.807, 2.05) is 6.07 Å². The number of carbonyl (C=O) groups is 2. The van der Waals surface area contributed by atoms with Crippen molar-refractivity contribution in [2.24, 2.45) is 10.9 Å². The molecule has 3 atom stereocenters. The number of hydrogen-bond acceptors (Lipinski definition) is 5. The Morgan fingerprint density at radius 1 is 1.03 bits per heavy atom. The van der Waals surface area contributed by atoms with E-state index < -0.39 is 11.8 Å². The van der Waals surface area contributed by atoms with Crippen LogP contribution in [0.2, 0.25) is 0 Å². The van der Waals surface area contributed by atoms with Crippen LogP contribution in [0, 0.1) is 26.7 Å². The molecule has 3 aliphatic rings. The van der Waals surface area contributed by atoms with Gasteiger partial charge in [0.2, 0.25) is 0 Å². The molecule has 35 heavy (non-hydrogen) atoms. The maximum atomic E-state index is 13.7. The summed E-state index contributed by atoms with van der Waals surface area (Å²) >= 11 is 0. The van der Waals surface area contributed by atoms with Gasteiger partial charge < -0.3 is 9.84 Å². The van der Waals surface area contributed by atoms with E-state index >= 15 is 0 Å². The van der Waals surface area contributed by atoms with E-state index in [-0.39, 0.29) is 29.5 Å².